The van der Waals surface area contributed by atoms with E-state index in [1.54, 1.807) is 0 Å². The van der Waals surface area contributed by atoms with E-state index in [1.807, 2.05) is 11.8 Å². The van der Waals surface area contributed by atoms with Crippen molar-refractivity contribution in [1.29, 1.82) is 0 Å². The maximum absolute atomic E-state index is 2.37. The van der Waals surface area contributed by atoms with Crippen molar-refractivity contribution in [1.82, 2.24) is 0 Å². The minimum Gasteiger partial charge on any atom is -0.174 e. The third-order valence-electron chi connectivity index (χ3n) is 1.38. The van der Waals surface area contributed by atoms with E-state index in [2.05, 4.69) is 34.3 Å². The van der Waals surface area contributed by atoms with Crippen molar-refractivity contribution in [2.24, 2.45) is 5.41 Å². The highest BCUT2D eigenvalue weighted by atomic mass is 32.2. The van der Waals surface area contributed by atoms with E-state index in [9.17, 15) is 0 Å². The Morgan fingerprint density at radius 3 is 2.30 bits per heavy atom. The summed E-state index contributed by atoms with van der Waals surface area (Å²) in [7, 11) is 2.37. The molecule has 0 amide bonds. The third-order valence-corrected chi connectivity index (χ3v) is 1.95. The normalized spacial score (nSPS) is 11.6. The predicted octanol–water partition coefficient (Wildman–Crippen LogP) is 2.87. The van der Waals surface area contributed by atoms with Gasteiger partial charge in [0.25, 0.3) is 0 Å². The smallest absolute Gasteiger partial charge is 0.122 e. The van der Waals surface area contributed by atoms with Gasteiger partial charge in [-0.25, -0.2) is 0 Å². The van der Waals surface area contributed by atoms with Gasteiger partial charge in [-0.05, 0) is 17.3 Å². The van der Waals surface area contributed by atoms with Crippen LogP contribution in [0, 0.1) is 5.41 Å². The lowest BCUT2D eigenvalue weighted by Gasteiger charge is -2.16. The summed E-state index contributed by atoms with van der Waals surface area (Å²) in [5.41, 5.74) is 1.71. The largest absolute Gasteiger partial charge is 0.174 e. The Kier molecular flexibility index (Phi) is 5.33. The molecule has 0 nitrogen and oxygen atoms in total. The second kappa shape index (κ2) is 5.12. The molecule has 59 valence electrons. The maximum atomic E-state index is 2.37. The fourth-order valence-corrected chi connectivity index (χ4v) is 1.14. The van der Waals surface area contributed by atoms with E-state index >= 15 is 0 Å². The third kappa shape index (κ3) is 8.41. The zero-order valence-electron chi connectivity index (χ0n) is 7.61. The van der Waals surface area contributed by atoms with E-state index in [-0.39, 0.29) is 0 Å². The van der Waals surface area contributed by atoms with Crippen molar-refractivity contribution in [3.8, 4) is 0 Å². The standard InChI is InChI=1S/C8H18BS/c1-8(2,3)5-6-9-7-10-4/h5-7H2,1-4H3. The van der Waals surface area contributed by atoms with Gasteiger partial charge in [-0.1, -0.05) is 33.5 Å². The highest BCUT2D eigenvalue weighted by Crippen LogP contribution is 2.20. The van der Waals surface area contributed by atoms with E-state index in [4.69, 9.17) is 0 Å². The molecule has 0 aromatic rings. The highest BCUT2D eigenvalue weighted by molar-refractivity contribution is 7.99. The number of hydrogen-bond acceptors (Lipinski definition) is 1. The van der Waals surface area contributed by atoms with Crippen LogP contribution in [0.1, 0.15) is 27.2 Å². The maximum Gasteiger partial charge on any atom is 0.122 e. The molecule has 2 heteroatoms. The van der Waals surface area contributed by atoms with Crippen molar-refractivity contribution in [2.45, 2.75) is 33.5 Å². The molecule has 0 aliphatic rings. The molecule has 0 N–H and O–H groups in total. The molecule has 0 fully saturated rings. The lowest BCUT2D eigenvalue weighted by Crippen LogP contribution is -2.06. The molecule has 0 bridgehead atoms. The van der Waals surface area contributed by atoms with Crippen LogP contribution in [0.5, 0.6) is 0 Å². The number of rotatable bonds is 4. The van der Waals surface area contributed by atoms with Crippen LogP contribution in [0.25, 0.3) is 0 Å². The molecule has 0 unspecified atom stereocenters. The first-order valence-corrected chi connectivity index (χ1v) is 5.26. The average molecular weight is 157 g/mol. The van der Waals surface area contributed by atoms with Gasteiger partial charge >= 0.3 is 0 Å². The van der Waals surface area contributed by atoms with Crippen molar-refractivity contribution in [3.63, 3.8) is 0 Å². The molecular weight excluding hydrogens is 139 g/mol. The van der Waals surface area contributed by atoms with Gasteiger partial charge in [0.15, 0.2) is 0 Å². The zero-order valence-corrected chi connectivity index (χ0v) is 8.42. The Balaban J connectivity index is 3.04. The molecule has 0 aliphatic heterocycles. The predicted molar refractivity (Wildman–Crippen MR) is 53.0 cm³/mol. The Morgan fingerprint density at radius 2 is 1.90 bits per heavy atom. The summed E-state index contributed by atoms with van der Waals surface area (Å²) < 4.78 is 0. The van der Waals surface area contributed by atoms with Gasteiger partial charge in [-0.15, -0.1) is 0 Å². The number of hydrogen-bond donors (Lipinski definition) is 0. The summed E-state index contributed by atoms with van der Waals surface area (Å²) in [6, 6.07) is 0. The van der Waals surface area contributed by atoms with Crippen molar-refractivity contribution < 1.29 is 0 Å². The van der Waals surface area contributed by atoms with Crippen LogP contribution in [0.4, 0.5) is 0 Å². The van der Waals surface area contributed by atoms with Crippen molar-refractivity contribution >= 4 is 19.0 Å². The molecular formula is C8H18BS. The molecule has 0 aliphatic carbocycles. The van der Waals surface area contributed by atoms with E-state index in [0.29, 0.717) is 5.41 Å². The highest BCUT2D eigenvalue weighted by Gasteiger charge is 2.08. The summed E-state index contributed by atoms with van der Waals surface area (Å²) >= 11 is 1.90. The van der Waals surface area contributed by atoms with E-state index in [1.165, 1.54) is 18.4 Å². The van der Waals surface area contributed by atoms with Crippen LogP contribution >= 0.6 is 11.8 Å². The van der Waals surface area contributed by atoms with Crippen LogP contribution in [-0.4, -0.2) is 19.2 Å². The SMILES string of the molecule is CSC[B]CCC(C)(C)C. The van der Waals surface area contributed by atoms with E-state index in [0.717, 1.165) is 0 Å². The summed E-state index contributed by atoms with van der Waals surface area (Å²) in [6.07, 6.45) is 4.73. The molecule has 0 spiro atoms. The zero-order chi connectivity index (χ0) is 8.04. The van der Waals surface area contributed by atoms with Crippen LogP contribution in [0.2, 0.25) is 6.32 Å². The fraction of sp³-hybridized carbons (Fsp3) is 1.00. The minimum absolute atomic E-state index is 0.509. The minimum atomic E-state index is 0.509. The average Bonchev–Trinajstić information content (AvgIpc) is 1.78. The molecule has 1 radical (unpaired) electrons. The first-order chi connectivity index (χ1) is 4.56. The van der Waals surface area contributed by atoms with Crippen molar-refractivity contribution in [3.05, 3.63) is 0 Å². The second-order valence-electron chi connectivity index (χ2n) is 3.84. The Bertz CT molecular complexity index is 75.8. The molecule has 0 heterocycles. The quantitative estimate of drug-likeness (QED) is 0.446. The first kappa shape index (κ1) is 10.4. The Morgan fingerprint density at radius 1 is 1.30 bits per heavy atom. The van der Waals surface area contributed by atoms with Crippen LogP contribution in [0.3, 0.4) is 0 Å². The second-order valence-corrected chi connectivity index (χ2v) is 4.75. The summed E-state index contributed by atoms with van der Waals surface area (Å²) in [5.74, 6) is 0. The van der Waals surface area contributed by atoms with Gasteiger partial charge in [0.1, 0.15) is 7.28 Å². The lowest BCUT2D eigenvalue weighted by molar-refractivity contribution is 0.397. The molecule has 0 atom stereocenters. The summed E-state index contributed by atoms with van der Waals surface area (Å²) in [4.78, 5) is 0. The Hall–Kier alpha value is 0.415. The van der Waals surface area contributed by atoms with Crippen LogP contribution < -0.4 is 0 Å². The van der Waals surface area contributed by atoms with Gasteiger partial charge in [-0.2, -0.15) is 11.8 Å². The van der Waals surface area contributed by atoms with Gasteiger partial charge < -0.3 is 0 Å². The molecule has 0 aromatic heterocycles. The molecule has 0 aromatic carbocycles. The summed E-state index contributed by atoms with van der Waals surface area (Å²) in [5, 5.41) is 0. The Labute approximate surface area is 70.4 Å². The lowest BCUT2D eigenvalue weighted by atomic mass is 9.71. The van der Waals surface area contributed by atoms with Gasteiger partial charge in [0, 0.05) is 0 Å². The molecule has 0 rings (SSSR count). The fourth-order valence-electron chi connectivity index (χ4n) is 0.736. The van der Waals surface area contributed by atoms with E-state index < -0.39 is 0 Å². The number of thioether (sulfide) groups is 1. The van der Waals surface area contributed by atoms with Crippen LogP contribution in [-0.2, 0) is 0 Å². The van der Waals surface area contributed by atoms with Gasteiger partial charge in [0.05, 0.1) is 0 Å². The van der Waals surface area contributed by atoms with Crippen molar-refractivity contribution in [2.75, 3.05) is 11.9 Å². The van der Waals surface area contributed by atoms with Crippen LogP contribution in [0.15, 0.2) is 0 Å². The van der Waals surface area contributed by atoms with Gasteiger partial charge in [-0.3, -0.25) is 0 Å². The van der Waals surface area contributed by atoms with Gasteiger partial charge in [0.2, 0.25) is 0 Å². The summed E-state index contributed by atoms with van der Waals surface area (Å²) in [6.45, 7) is 6.87. The molecule has 0 saturated heterocycles. The topological polar surface area (TPSA) is 0 Å². The molecule has 0 saturated carbocycles. The monoisotopic (exact) mass is 157 g/mol. The first-order valence-electron chi connectivity index (χ1n) is 3.87. The molecule has 10 heavy (non-hydrogen) atoms.